The summed E-state index contributed by atoms with van der Waals surface area (Å²) in [4.78, 5) is 28.2. The molecule has 0 bridgehead atoms. The summed E-state index contributed by atoms with van der Waals surface area (Å²) in [7, 11) is 0. The summed E-state index contributed by atoms with van der Waals surface area (Å²) in [5.74, 6) is 0.721. The molecule has 0 unspecified atom stereocenters. The summed E-state index contributed by atoms with van der Waals surface area (Å²) in [5.41, 5.74) is 1.18. The quantitative estimate of drug-likeness (QED) is 0.882. The highest BCUT2D eigenvalue weighted by atomic mass is 16.2. The summed E-state index contributed by atoms with van der Waals surface area (Å²) in [6.07, 6.45) is 4.87. The van der Waals surface area contributed by atoms with Gasteiger partial charge in [0, 0.05) is 26.2 Å². The predicted octanol–water partition coefficient (Wildman–Crippen LogP) is 2.34. The molecule has 1 aromatic carbocycles. The van der Waals surface area contributed by atoms with Crippen LogP contribution in [-0.4, -0.2) is 54.1 Å². The fourth-order valence-electron chi connectivity index (χ4n) is 4.05. The van der Waals surface area contributed by atoms with Gasteiger partial charge in [-0.05, 0) is 17.9 Å². The van der Waals surface area contributed by atoms with Crippen LogP contribution < -0.4 is 10.6 Å². The molecule has 25 heavy (non-hydrogen) atoms. The van der Waals surface area contributed by atoms with Crippen LogP contribution in [0, 0.1) is 5.92 Å². The Morgan fingerprint density at radius 2 is 2.04 bits per heavy atom. The summed E-state index contributed by atoms with van der Waals surface area (Å²) >= 11 is 0. The molecule has 2 N–H and O–H groups in total. The van der Waals surface area contributed by atoms with Crippen molar-refractivity contribution in [3.05, 3.63) is 35.9 Å². The Labute approximate surface area is 148 Å². The van der Waals surface area contributed by atoms with Crippen molar-refractivity contribution in [3.63, 3.8) is 0 Å². The maximum atomic E-state index is 12.8. The van der Waals surface area contributed by atoms with E-state index in [2.05, 4.69) is 22.8 Å². The van der Waals surface area contributed by atoms with Gasteiger partial charge in [-0.1, -0.05) is 49.6 Å². The molecule has 2 heterocycles. The van der Waals surface area contributed by atoms with Crippen molar-refractivity contribution in [3.8, 4) is 0 Å². The van der Waals surface area contributed by atoms with Crippen LogP contribution in [0.4, 0.5) is 9.59 Å². The van der Waals surface area contributed by atoms with Crippen LogP contribution >= 0.6 is 0 Å². The van der Waals surface area contributed by atoms with Gasteiger partial charge in [0.2, 0.25) is 0 Å². The number of piperazine rings is 1. The van der Waals surface area contributed by atoms with Crippen LogP contribution in [0.3, 0.4) is 0 Å². The number of carbonyl (C=O) groups excluding carboxylic acids is 2. The first kappa shape index (κ1) is 16.2. The van der Waals surface area contributed by atoms with Crippen molar-refractivity contribution < 1.29 is 9.59 Å². The number of nitrogens with zero attached hydrogens (tertiary/aromatic N) is 2. The Kier molecular flexibility index (Phi) is 4.51. The number of nitrogens with one attached hydrogen (secondary N) is 2. The van der Waals surface area contributed by atoms with Crippen molar-refractivity contribution in [1.29, 1.82) is 0 Å². The maximum Gasteiger partial charge on any atom is 0.318 e. The summed E-state index contributed by atoms with van der Waals surface area (Å²) in [6.45, 7) is 2.45. The lowest BCUT2D eigenvalue weighted by Gasteiger charge is -2.38. The van der Waals surface area contributed by atoms with Gasteiger partial charge in [-0.2, -0.15) is 0 Å². The molecular weight excluding hydrogens is 316 g/mol. The first-order chi connectivity index (χ1) is 12.2. The second kappa shape index (κ2) is 6.94. The summed E-state index contributed by atoms with van der Waals surface area (Å²) in [6, 6.07) is 10.4. The van der Waals surface area contributed by atoms with E-state index in [9.17, 15) is 9.59 Å². The van der Waals surface area contributed by atoms with Crippen molar-refractivity contribution in [1.82, 2.24) is 20.4 Å². The molecule has 4 amide bonds. The van der Waals surface area contributed by atoms with Crippen molar-refractivity contribution in [2.24, 2.45) is 5.92 Å². The molecule has 1 aliphatic carbocycles. The zero-order valence-electron chi connectivity index (χ0n) is 14.5. The van der Waals surface area contributed by atoms with Gasteiger partial charge in [-0.25, -0.2) is 9.59 Å². The zero-order chi connectivity index (χ0) is 17.2. The fourth-order valence-corrected chi connectivity index (χ4v) is 4.05. The molecule has 3 aliphatic rings. The number of benzene rings is 1. The van der Waals surface area contributed by atoms with Crippen LogP contribution in [-0.2, 0) is 0 Å². The molecule has 2 atom stereocenters. The van der Waals surface area contributed by atoms with Crippen LogP contribution in [0.2, 0.25) is 0 Å². The summed E-state index contributed by atoms with van der Waals surface area (Å²) in [5, 5.41) is 6.11. The van der Waals surface area contributed by atoms with E-state index in [1.54, 1.807) is 0 Å². The van der Waals surface area contributed by atoms with Gasteiger partial charge < -0.3 is 20.4 Å². The third-order valence-electron chi connectivity index (χ3n) is 5.81. The SMILES string of the molecule is O=C(N[C@@H](CC1CCC1)c1ccccc1)N1CCN2C(=O)NC[C@H]2C1. The normalized spacial score (nSPS) is 24.3. The Bertz CT molecular complexity index is 632. The lowest BCUT2D eigenvalue weighted by atomic mass is 9.79. The van der Waals surface area contributed by atoms with E-state index in [1.807, 2.05) is 28.0 Å². The van der Waals surface area contributed by atoms with Crippen molar-refractivity contribution in [2.75, 3.05) is 26.2 Å². The molecule has 0 radical (unpaired) electrons. The zero-order valence-corrected chi connectivity index (χ0v) is 14.5. The first-order valence-electron chi connectivity index (χ1n) is 9.35. The van der Waals surface area contributed by atoms with Crippen molar-refractivity contribution >= 4 is 12.1 Å². The highest BCUT2D eigenvalue weighted by Crippen LogP contribution is 2.34. The Morgan fingerprint density at radius 1 is 1.24 bits per heavy atom. The van der Waals surface area contributed by atoms with E-state index in [1.165, 1.54) is 24.8 Å². The lowest BCUT2D eigenvalue weighted by Crippen LogP contribution is -2.56. The molecule has 2 saturated heterocycles. The minimum Gasteiger partial charge on any atom is -0.336 e. The van der Waals surface area contributed by atoms with Crippen LogP contribution in [0.1, 0.15) is 37.3 Å². The topological polar surface area (TPSA) is 64.7 Å². The standard InChI is InChI=1S/C19H26N4O2/c24-18-20-12-16-13-22(9-10-23(16)18)19(25)21-17(11-14-5-4-6-14)15-7-2-1-3-8-15/h1-3,7-8,14,16-17H,4-6,9-13H2,(H,20,24)(H,21,25)/t16-,17-/m0/s1. The average Bonchev–Trinajstić information content (AvgIpc) is 2.98. The molecule has 2 aliphatic heterocycles. The molecular formula is C19H26N4O2. The molecule has 6 heteroatoms. The Hall–Kier alpha value is -2.24. The number of rotatable bonds is 4. The van der Waals surface area contributed by atoms with E-state index in [0.717, 1.165) is 12.3 Å². The van der Waals surface area contributed by atoms with E-state index in [0.29, 0.717) is 26.2 Å². The third-order valence-corrected chi connectivity index (χ3v) is 5.81. The number of carbonyl (C=O) groups is 2. The van der Waals surface area contributed by atoms with Gasteiger partial charge >= 0.3 is 12.1 Å². The number of hydrogen-bond donors (Lipinski definition) is 2. The van der Waals surface area contributed by atoms with Crippen LogP contribution in [0.5, 0.6) is 0 Å². The molecule has 0 spiro atoms. The van der Waals surface area contributed by atoms with Gasteiger partial charge in [0.05, 0.1) is 12.1 Å². The molecule has 1 saturated carbocycles. The largest absolute Gasteiger partial charge is 0.336 e. The van der Waals surface area contributed by atoms with Gasteiger partial charge in [0.15, 0.2) is 0 Å². The molecule has 0 aromatic heterocycles. The van der Waals surface area contributed by atoms with Crippen LogP contribution in [0.15, 0.2) is 30.3 Å². The molecule has 1 aromatic rings. The second-order valence-corrected chi connectivity index (χ2v) is 7.42. The highest BCUT2D eigenvalue weighted by molar-refractivity contribution is 5.79. The molecule has 4 rings (SSSR count). The second-order valence-electron chi connectivity index (χ2n) is 7.42. The maximum absolute atomic E-state index is 12.8. The third kappa shape index (κ3) is 3.43. The smallest absolute Gasteiger partial charge is 0.318 e. The molecule has 134 valence electrons. The fraction of sp³-hybridized carbons (Fsp3) is 0.579. The van der Waals surface area contributed by atoms with E-state index in [4.69, 9.17) is 0 Å². The van der Waals surface area contributed by atoms with Crippen LogP contribution in [0.25, 0.3) is 0 Å². The average molecular weight is 342 g/mol. The minimum atomic E-state index is -0.00724. The summed E-state index contributed by atoms with van der Waals surface area (Å²) < 4.78 is 0. The van der Waals surface area contributed by atoms with Gasteiger partial charge in [-0.15, -0.1) is 0 Å². The number of amides is 4. The molecule has 6 nitrogen and oxygen atoms in total. The monoisotopic (exact) mass is 342 g/mol. The van der Waals surface area contributed by atoms with Crippen molar-refractivity contribution in [2.45, 2.75) is 37.8 Å². The Morgan fingerprint density at radius 3 is 2.76 bits per heavy atom. The highest BCUT2D eigenvalue weighted by Gasteiger charge is 2.37. The molecule has 3 fully saturated rings. The first-order valence-corrected chi connectivity index (χ1v) is 9.35. The van der Waals surface area contributed by atoms with E-state index >= 15 is 0 Å². The van der Waals surface area contributed by atoms with E-state index in [-0.39, 0.29) is 24.1 Å². The van der Waals surface area contributed by atoms with Gasteiger partial charge in [0.1, 0.15) is 0 Å². The number of fused-ring (bicyclic) bond motifs is 1. The lowest BCUT2D eigenvalue weighted by molar-refractivity contribution is 0.126. The Balaban J connectivity index is 1.40. The number of urea groups is 2. The van der Waals surface area contributed by atoms with Gasteiger partial charge in [-0.3, -0.25) is 0 Å². The minimum absolute atomic E-state index is 0.00259. The van der Waals surface area contributed by atoms with E-state index < -0.39 is 0 Å². The predicted molar refractivity (Wildman–Crippen MR) is 95.1 cm³/mol. The van der Waals surface area contributed by atoms with Gasteiger partial charge in [0.25, 0.3) is 0 Å². The number of hydrogen-bond acceptors (Lipinski definition) is 2.